The van der Waals surface area contributed by atoms with Crippen molar-refractivity contribution in [2.45, 2.75) is 25.0 Å². The second-order valence-electron chi connectivity index (χ2n) is 5.27. The van der Waals surface area contributed by atoms with Crippen LogP contribution in [0.5, 0.6) is 5.75 Å². The SMILES string of the molecule is O=C(NC1CC1)[C@@H](Oc1cc(Cl)ccc1Cl)c1ccccc1. The van der Waals surface area contributed by atoms with Gasteiger partial charge in [0.25, 0.3) is 5.91 Å². The second-order valence-corrected chi connectivity index (χ2v) is 6.11. The highest BCUT2D eigenvalue weighted by molar-refractivity contribution is 6.34. The van der Waals surface area contributed by atoms with E-state index in [1.54, 1.807) is 18.2 Å². The number of rotatable bonds is 5. The van der Waals surface area contributed by atoms with Crippen molar-refractivity contribution in [1.29, 1.82) is 0 Å². The molecule has 2 aromatic rings. The third-order valence-corrected chi connectivity index (χ3v) is 3.95. The van der Waals surface area contributed by atoms with Gasteiger partial charge in [-0.3, -0.25) is 4.79 Å². The van der Waals surface area contributed by atoms with Gasteiger partial charge in [0, 0.05) is 22.7 Å². The monoisotopic (exact) mass is 335 g/mol. The van der Waals surface area contributed by atoms with Gasteiger partial charge in [-0.25, -0.2) is 0 Å². The van der Waals surface area contributed by atoms with Crippen LogP contribution >= 0.6 is 23.2 Å². The van der Waals surface area contributed by atoms with Crippen molar-refractivity contribution in [3.63, 3.8) is 0 Å². The predicted molar refractivity (Wildman–Crippen MR) is 87.4 cm³/mol. The summed E-state index contributed by atoms with van der Waals surface area (Å²) in [6, 6.07) is 14.6. The van der Waals surface area contributed by atoms with Gasteiger partial charge >= 0.3 is 0 Å². The summed E-state index contributed by atoms with van der Waals surface area (Å²) < 4.78 is 5.87. The van der Waals surface area contributed by atoms with Crippen molar-refractivity contribution in [1.82, 2.24) is 5.32 Å². The minimum absolute atomic E-state index is 0.162. The van der Waals surface area contributed by atoms with Crippen molar-refractivity contribution >= 4 is 29.1 Å². The Morgan fingerprint density at radius 2 is 1.86 bits per heavy atom. The molecule has 1 saturated carbocycles. The smallest absolute Gasteiger partial charge is 0.266 e. The number of nitrogens with one attached hydrogen (secondary N) is 1. The van der Waals surface area contributed by atoms with Gasteiger partial charge in [-0.05, 0) is 25.0 Å². The van der Waals surface area contributed by atoms with Crippen LogP contribution < -0.4 is 10.1 Å². The highest BCUT2D eigenvalue weighted by atomic mass is 35.5. The van der Waals surface area contributed by atoms with E-state index in [1.807, 2.05) is 30.3 Å². The number of amides is 1. The van der Waals surface area contributed by atoms with Crippen LogP contribution in [0.3, 0.4) is 0 Å². The molecule has 0 heterocycles. The maximum absolute atomic E-state index is 12.5. The Labute approximate surface area is 139 Å². The van der Waals surface area contributed by atoms with Gasteiger partial charge in [0.1, 0.15) is 5.75 Å². The van der Waals surface area contributed by atoms with E-state index < -0.39 is 6.10 Å². The number of hydrogen-bond donors (Lipinski definition) is 1. The summed E-state index contributed by atoms with van der Waals surface area (Å²) in [6.45, 7) is 0. The molecule has 0 saturated heterocycles. The highest BCUT2D eigenvalue weighted by Crippen LogP contribution is 2.32. The summed E-state index contributed by atoms with van der Waals surface area (Å²) in [7, 11) is 0. The molecule has 114 valence electrons. The molecule has 0 unspecified atom stereocenters. The van der Waals surface area contributed by atoms with Crippen LogP contribution in [0.2, 0.25) is 10.0 Å². The van der Waals surface area contributed by atoms with Gasteiger partial charge < -0.3 is 10.1 Å². The molecule has 0 spiro atoms. The van der Waals surface area contributed by atoms with Crippen LogP contribution in [0.15, 0.2) is 48.5 Å². The predicted octanol–water partition coefficient (Wildman–Crippen LogP) is 4.39. The second kappa shape index (κ2) is 6.59. The molecule has 0 bridgehead atoms. The van der Waals surface area contributed by atoms with E-state index >= 15 is 0 Å². The lowest BCUT2D eigenvalue weighted by Crippen LogP contribution is -2.33. The van der Waals surface area contributed by atoms with Crippen LogP contribution in [-0.2, 0) is 4.79 Å². The van der Waals surface area contributed by atoms with Crippen LogP contribution in [0.25, 0.3) is 0 Å². The largest absolute Gasteiger partial charge is 0.474 e. The topological polar surface area (TPSA) is 38.3 Å². The molecule has 0 aliphatic heterocycles. The summed E-state index contributed by atoms with van der Waals surface area (Å²) in [4.78, 5) is 12.5. The van der Waals surface area contributed by atoms with Gasteiger partial charge in [0.2, 0.25) is 6.10 Å². The number of halogens is 2. The molecule has 1 aliphatic carbocycles. The molecule has 1 aliphatic rings. The fourth-order valence-electron chi connectivity index (χ4n) is 2.10. The molecule has 1 atom stereocenters. The first-order valence-corrected chi connectivity index (χ1v) is 7.86. The third kappa shape index (κ3) is 3.73. The third-order valence-electron chi connectivity index (χ3n) is 3.40. The van der Waals surface area contributed by atoms with E-state index in [0.717, 1.165) is 18.4 Å². The van der Waals surface area contributed by atoms with Crippen LogP contribution in [-0.4, -0.2) is 11.9 Å². The van der Waals surface area contributed by atoms with Gasteiger partial charge in [-0.15, -0.1) is 0 Å². The summed E-state index contributed by atoms with van der Waals surface area (Å²) in [6.07, 6.45) is 1.29. The van der Waals surface area contributed by atoms with Crippen LogP contribution in [0, 0.1) is 0 Å². The fourth-order valence-corrected chi connectivity index (χ4v) is 2.42. The molecule has 5 heteroatoms. The van der Waals surface area contributed by atoms with Gasteiger partial charge in [-0.1, -0.05) is 53.5 Å². The first kappa shape index (κ1) is 15.2. The lowest BCUT2D eigenvalue weighted by molar-refractivity contribution is -0.128. The number of carbonyl (C=O) groups is 1. The minimum Gasteiger partial charge on any atom is -0.474 e. The van der Waals surface area contributed by atoms with E-state index in [-0.39, 0.29) is 11.9 Å². The van der Waals surface area contributed by atoms with E-state index in [4.69, 9.17) is 27.9 Å². The van der Waals surface area contributed by atoms with E-state index in [2.05, 4.69) is 5.32 Å². The Hall–Kier alpha value is -1.71. The van der Waals surface area contributed by atoms with Gasteiger partial charge in [-0.2, -0.15) is 0 Å². The molecule has 0 aromatic heterocycles. The van der Waals surface area contributed by atoms with Crippen molar-refractivity contribution in [2.75, 3.05) is 0 Å². The first-order chi connectivity index (χ1) is 10.6. The van der Waals surface area contributed by atoms with E-state index in [0.29, 0.717) is 15.8 Å². The summed E-state index contributed by atoms with van der Waals surface area (Å²) in [5.74, 6) is 0.235. The number of carbonyl (C=O) groups excluding carboxylic acids is 1. The number of hydrogen-bond acceptors (Lipinski definition) is 2. The van der Waals surface area contributed by atoms with E-state index in [1.165, 1.54) is 0 Å². The number of ether oxygens (including phenoxy) is 1. The zero-order chi connectivity index (χ0) is 15.5. The summed E-state index contributed by atoms with van der Waals surface area (Å²) in [5, 5.41) is 3.90. The van der Waals surface area contributed by atoms with E-state index in [9.17, 15) is 4.79 Å². The highest BCUT2D eigenvalue weighted by Gasteiger charge is 2.30. The molecule has 1 amide bonds. The maximum atomic E-state index is 12.5. The lowest BCUT2D eigenvalue weighted by atomic mass is 10.1. The van der Waals surface area contributed by atoms with Crippen molar-refractivity contribution in [2.24, 2.45) is 0 Å². The zero-order valence-corrected chi connectivity index (χ0v) is 13.3. The van der Waals surface area contributed by atoms with Crippen molar-refractivity contribution in [3.05, 3.63) is 64.1 Å². The Morgan fingerprint density at radius 1 is 1.14 bits per heavy atom. The fraction of sp³-hybridized carbons (Fsp3) is 0.235. The van der Waals surface area contributed by atoms with Crippen molar-refractivity contribution in [3.8, 4) is 5.75 Å². The van der Waals surface area contributed by atoms with Crippen LogP contribution in [0.1, 0.15) is 24.5 Å². The Kier molecular flexibility index (Phi) is 4.55. The molecule has 22 heavy (non-hydrogen) atoms. The quantitative estimate of drug-likeness (QED) is 0.879. The standard InChI is InChI=1S/C17H15Cl2NO2/c18-12-6-9-14(19)15(10-12)22-16(11-4-2-1-3-5-11)17(21)20-13-7-8-13/h1-6,9-10,13,16H,7-8H2,(H,20,21)/t16-/m0/s1. The van der Waals surface area contributed by atoms with Gasteiger partial charge in [0.15, 0.2) is 0 Å². The Morgan fingerprint density at radius 3 is 2.55 bits per heavy atom. The molecule has 3 rings (SSSR count). The Bertz CT molecular complexity index is 672. The average Bonchev–Trinajstić information content (AvgIpc) is 3.33. The zero-order valence-electron chi connectivity index (χ0n) is 11.8. The first-order valence-electron chi connectivity index (χ1n) is 7.10. The summed E-state index contributed by atoms with van der Waals surface area (Å²) >= 11 is 12.1. The summed E-state index contributed by atoms with van der Waals surface area (Å²) in [5.41, 5.74) is 0.775. The molecule has 2 aromatic carbocycles. The van der Waals surface area contributed by atoms with Crippen LogP contribution in [0.4, 0.5) is 0 Å². The minimum atomic E-state index is -0.752. The van der Waals surface area contributed by atoms with Gasteiger partial charge in [0.05, 0.1) is 5.02 Å². The normalized spacial score (nSPS) is 15.2. The molecule has 1 fully saturated rings. The average molecular weight is 336 g/mol. The Balaban J connectivity index is 1.87. The molecule has 0 radical (unpaired) electrons. The number of benzene rings is 2. The molecular weight excluding hydrogens is 321 g/mol. The molecule has 3 nitrogen and oxygen atoms in total. The molecule has 1 N–H and O–H groups in total. The molecular formula is C17H15Cl2NO2. The van der Waals surface area contributed by atoms with Crippen molar-refractivity contribution < 1.29 is 9.53 Å². The maximum Gasteiger partial charge on any atom is 0.266 e. The lowest BCUT2D eigenvalue weighted by Gasteiger charge is -2.20.